The van der Waals surface area contributed by atoms with Crippen molar-refractivity contribution in [1.29, 1.82) is 0 Å². The van der Waals surface area contributed by atoms with Crippen LogP contribution in [0.5, 0.6) is 0 Å². The predicted octanol–water partition coefficient (Wildman–Crippen LogP) is -0.673. The molecular weight excluding hydrogens is 367 g/mol. The summed E-state index contributed by atoms with van der Waals surface area (Å²) in [6.07, 6.45) is 5.09. The Morgan fingerprint density at radius 2 is 2.11 bits per heavy atom. The zero-order valence-corrected chi connectivity index (χ0v) is 15.2. The Labute approximate surface area is 161 Å². The van der Waals surface area contributed by atoms with Gasteiger partial charge in [-0.15, -0.1) is 0 Å². The van der Waals surface area contributed by atoms with E-state index in [9.17, 15) is 14.0 Å². The van der Waals surface area contributed by atoms with Crippen molar-refractivity contribution in [2.45, 2.75) is 18.9 Å². The summed E-state index contributed by atoms with van der Waals surface area (Å²) in [6, 6.07) is 0.910. The summed E-state index contributed by atoms with van der Waals surface area (Å²) in [4.78, 5) is 32.9. The van der Waals surface area contributed by atoms with E-state index in [1.807, 2.05) is 0 Å². The lowest BCUT2D eigenvalue weighted by Gasteiger charge is -2.30. The first kappa shape index (κ1) is 20.7. The van der Waals surface area contributed by atoms with Crippen LogP contribution in [0, 0.1) is 5.82 Å². The summed E-state index contributed by atoms with van der Waals surface area (Å²) < 4.78 is 13.3. The third-order valence-corrected chi connectivity index (χ3v) is 3.97. The number of rotatable bonds is 6. The second-order valence-corrected chi connectivity index (χ2v) is 6.09. The Morgan fingerprint density at radius 3 is 2.75 bits per heavy atom. The van der Waals surface area contributed by atoms with Gasteiger partial charge >= 0.3 is 0 Å². The molecule has 28 heavy (non-hydrogen) atoms. The first-order valence-corrected chi connectivity index (χ1v) is 8.49. The van der Waals surface area contributed by atoms with Gasteiger partial charge in [-0.3, -0.25) is 14.6 Å². The number of aromatic nitrogens is 1. The van der Waals surface area contributed by atoms with Gasteiger partial charge in [0.25, 0.3) is 5.91 Å². The van der Waals surface area contributed by atoms with Gasteiger partial charge in [-0.1, -0.05) is 6.58 Å². The maximum Gasteiger partial charge on any atom is 0.268 e. The van der Waals surface area contributed by atoms with Crippen LogP contribution in [0.2, 0.25) is 0 Å². The molecule has 2 rings (SSSR count). The van der Waals surface area contributed by atoms with Gasteiger partial charge < -0.3 is 32.7 Å². The van der Waals surface area contributed by atoms with Crippen molar-refractivity contribution in [2.75, 3.05) is 18.4 Å². The van der Waals surface area contributed by atoms with E-state index in [1.54, 1.807) is 4.90 Å². The molecule has 2 amide bonds. The zero-order chi connectivity index (χ0) is 20.7. The summed E-state index contributed by atoms with van der Waals surface area (Å²) in [5.74, 6) is -1.78. The molecule has 0 saturated carbocycles. The minimum atomic E-state index is -0.910. The van der Waals surface area contributed by atoms with Gasteiger partial charge in [0.1, 0.15) is 17.3 Å². The van der Waals surface area contributed by atoms with Crippen LogP contribution in [0.25, 0.3) is 0 Å². The average molecular weight is 390 g/mol. The third kappa shape index (κ3) is 5.69. The largest absolute Gasteiger partial charge is 0.391 e. The number of carbonyl (C=O) groups excluding carboxylic acids is 2. The fourth-order valence-corrected chi connectivity index (χ4v) is 2.66. The molecule has 8 N–H and O–H groups in total. The fraction of sp³-hybridized carbons (Fsp3) is 0.294. The van der Waals surface area contributed by atoms with Crippen LogP contribution in [-0.2, 0) is 9.59 Å². The molecule has 1 aromatic heterocycles. The highest BCUT2D eigenvalue weighted by atomic mass is 19.1. The van der Waals surface area contributed by atoms with Gasteiger partial charge in [-0.2, -0.15) is 0 Å². The first-order valence-electron chi connectivity index (χ1n) is 8.49. The van der Waals surface area contributed by atoms with Crippen LogP contribution in [0.4, 0.5) is 10.1 Å². The Morgan fingerprint density at radius 1 is 1.36 bits per heavy atom. The van der Waals surface area contributed by atoms with Crippen LogP contribution >= 0.6 is 0 Å². The maximum atomic E-state index is 13.3. The minimum Gasteiger partial charge on any atom is -0.391 e. The molecule has 1 saturated heterocycles. The minimum absolute atomic E-state index is 0.0473. The van der Waals surface area contributed by atoms with Crippen LogP contribution in [0.15, 0.2) is 47.6 Å². The number of piperidine rings is 1. The quantitative estimate of drug-likeness (QED) is 0.244. The second kappa shape index (κ2) is 9.35. The van der Waals surface area contributed by atoms with E-state index in [-0.39, 0.29) is 35.1 Å². The van der Waals surface area contributed by atoms with E-state index >= 15 is 0 Å². The smallest absolute Gasteiger partial charge is 0.268 e. The molecule has 0 spiro atoms. The molecule has 0 aromatic carbocycles. The normalized spacial score (nSPS) is 18.1. The van der Waals surface area contributed by atoms with Crippen molar-refractivity contribution in [3.8, 4) is 0 Å². The molecule has 1 aromatic rings. The molecule has 11 heteroatoms. The monoisotopic (exact) mass is 390 g/mol. The van der Waals surface area contributed by atoms with Crippen LogP contribution in [-0.4, -0.2) is 46.8 Å². The van der Waals surface area contributed by atoms with Gasteiger partial charge in [0.2, 0.25) is 5.91 Å². The number of anilines is 1. The van der Waals surface area contributed by atoms with E-state index in [4.69, 9.17) is 17.2 Å². The number of pyridine rings is 1. The number of nitrogens with zero attached hydrogens (tertiary/aromatic N) is 3. The van der Waals surface area contributed by atoms with Gasteiger partial charge in [-0.25, -0.2) is 9.38 Å². The third-order valence-electron chi connectivity index (χ3n) is 3.97. The van der Waals surface area contributed by atoms with Crippen molar-refractivity contribution in [3.05, 3.63) is 48.5 Å². The molecule has 1 aliphatic heterocycles. The molecule has 2 heterocycles. The number of halogens is 1. The summed E-state index contributed by atoms with van der Waals surface area (Å²) in [7, 11) is 0. The number of nitrogens with two attached hydrogens (primary N) is 3. The van der Waals surface area contributed by atoms with E-state index in [1.165, 1.54) is 12.3 Å². The van der Waals surface area contributed by atoms with Crippen molar-refractivity contribution in [3.63, 3.8) is 0 Å². The Kier molecular flexibility index (Phi) is 6.90. The van der Waals surface area contributed by atoms with E-state index in [0.717, 1.165) is 25.1 Å². The van der Waals surface area contributed by atoms with E-state index < -0.39 is 11.7 Å². The van der Waals surface area contributed by atoms with Gasteiger partial charge in [0.15, 0.2) is 5.96 Å². The lowest BCUT2D eigenvalue weighted by molar-refractivity contribution is -0.127. The fourth-order valence-electron chi connectivity index (χ4n) is 2.66. The summed E-state index contributed by atoms with van der Waals surface area (Å²) in [6.45, 7) is 4.49. The van der Waals surface area contributed by atoms with Crippen molar-refractivity contribution >= 4 is 23.5 Å². The average Bonchev–Trinajstić information content (AvgIpc) is 2.66. The highest BCUT2D eigenvalue weighted by Crippen LogP contribution is 2.14. The van der Waals surface area contributed by atoms with Gasteiger partial charge in [-0.05, 0) is 18.9 Å². The predicted molar refractivity (Wildman–Crippen MR) is 103 cm³/mol. The number of guanidine groups is 1. The molecule has 1 unspecified atom stereocenters. The Hall–Kier alpha value is -3.63. The lowest BCUT2D eigenvalue weighted by Crippen LogP contribution is -2.43. The number of primary amides is 1. The van der Waals surface area contributed by atoms with Gasteiger partial charge in [0, 0.05) is 19.2 Å². The molecule has 1 atom stereocenters. The van der Waals surface area contributed by atoms with E-state index in [2.05, 4.69) is 27.2 Å². The number of amides is 2. The standard InChI is InChI=1S/C17H23FN8O2/c1-2-13(27)26-5-3-4-11(9-26)24-17(21)25-16(14(19)15(20)28)23-12-6-10(18)7-22-8-12/h2,6-8,11,23H,1,3-5,9,19H2,(H2,20,28)(H3,21,24,25)/b16-14-. The van der Waals surface area contributed by atoms with Crippen LogP contribution in [0.1, 0.15) is 12.8 Å². The number of nitrogens with one attached hydrogen (secondary N) is 2. The zero-order valence-electron chi connectivity index (χ0n) is 15.2. The molecule has 0 aliphatic carbocycles. The lowest BCUT2D eigenvalue weighted by atomic mass is 10.1. The molecule has 0 radical (unpaired) electrons. The van der Waals surface area contributed by atoms with Crippen molar-refractivity contribution < 1.29 is 14.0 Å². The molecule has 10 nitrogen and oxygen atoms in total. The number of hydrogen-bond donors (Lipinski definition) is 5. The highest BCUT2D eigenvalue weighted by Gasteiger charge is 2.22. The first-order chi connectivity index (χ1) is 13.3. The number of hydrogen-bond acceptors (Lipinski definition) is 6. The molecule has 150 valence electrons. The molecule has 0 bridgehead atoms. The van der Waals surface area contributed by atoms with Crippen molar-refractivity contribution in [1.82, 2.24) is 15.2 Å². The molecule has 1 aliphatic rings. The van der Waals surface area contributed by atoms with E-state index in [0.29, 0.717) is 13.1 Å². The van der Waals surface area contributed by atoms with Crippen molar-refractivity contribution in [2.24, 2.45) is 22.2 Å². The summed E-state index contributed by atoms with van der Waals surface area (Å²) in [5.41, 5.74) is 16.7. The Balaban J connectivity index is 2.15. The number of carbonyl (C=O) groups is 2. The number of likely N-dealkylation sites (tertiary alicyclic amines) is 1. The van der Waals surface area contributed by atoms with Gasteiger partial charge in [0.05, 0.1) is 24.1 Å². The maximum absolute atomic E-state index is 13.3. The summed E-state index contributed by atoms with van der Waals surface area (Å²) in [5, 5.41) is 5.37. The second-order valence-electron chi connectivity index (χ2n) is 6.09. The number of aliphatic imine (C=N–C) groups is 1. The van der Waals surface area contributed by atoms with Crippen LogP contribution < -0.4 is 27.8 Å². The summed E-state index contributed by atoms with van der Waals surface area (Å²) >= 11 is 0. The highest BCUT2D eigenvalue weighted by molar-refractivity contribution is 5.93. The molecular formula is C17H23FN8O2. The SMILES string of the molecule is C=CC(=O)N1CCCC(N=C(N)N/C(Nc2cncc(F)c2)=C(\N)C(N)=O)C1. The van der Waals surface area contributed by atoms with Crippen LogP contribution in [0.3, 0.4) is 0 Å². The Bertz CT molecular complexity index is 823. The topological polar surface area (TPSA) is 165 Å². The molecule has 1 fully saturated rings.